The van der Waals surface area contributed by atoms with E-state index in [0.717, 1.165) is 0 Å². The Balaban J connectivity index is 2.41. The number of nitrogens with zero attached hydrogens (tertiary/aromatic N) is 2. The third-order valence-electron chi connectivity index (χ3n) is 3.94. The van der Waals surface area contributed by atoms with Gasteiger partial charge in [-0.05, 0) is 49.9 Å². The summed E-state index contributed by atoms with van der Waals surface area (Å²) in [6, 6.07) is 5.50. The van der Waals surface area contributed by atoms with Gasteiger partial charge in [-0.15, -0.1) is 0 Å². The minimum atomic E-state index is -3.34. The zero-order chi connectivity index (χ0) is 21.2. The van der Waals surface area contributed by atoms with Crippen LogP contribution in [0.3, 0.4) is 0 Å². The highest BCUT2D eigenvalue weighted by atomic mass is 32.5. The lowest BCUT2D eigenvalue weighted by atomic mass is 10.1. The van der Waals surface area contributed by atoms with Crippen LogP contribution in [-0.4, -0.2) is 17.0 Å². The van der Waals surface area contributed by atoms with Gasteiger partial charge in [0.1, 0.15) is 11.5 Å². The zero-order valence-corrected chi connectivity index (χ0v) is 17.6. The topological polar surface area (TPSA) is 114 Å². The van der Waals surface area contributed by atoms with Gasteiger partial charge in [0, 0.05) is 43.2 Å². The maximum absolute atomic E-state index is 11.0. The Kier molecular flexibility index (Phi) is 6.38. The number of non-ortho nitro benzene ring substituents is 2. The molecule has 0 aliphatic heterocycles. The minimum absolute atomic E-state index is 0.0592. The molecule has 0 aliphatic rings. The van der Waals surface area contributed by atoms with Crippen molar-refractivity contribution in [3.8, 4) is 11.5 Å². The van der Waals surface area contributed by atoms with Crippen LogP contribution in [0.1, 0.15) is 22.3 Å². The third kappa shape index (κ3) is 4.64. The highest BCUT2D eigenvalue weighted by Crippen LogP contribution is 2.52. The Labute approximate surface area is 166 Å². The third-order valence-corrected chi connectivity index (χ3v) is 6.10. The van der Waals surface area contributed by atoms with Crippen molar-refractivity contribution in [2.24, 2.45) is 0 Å². The minimum Gasteiger partial charge on any atom is -0.415 e. The summed E-state index contributed by atoms with van der Waals surface area (Å²) in [6.45, 7) is 3.30. The largest absolute Gasteiger partial charge is 0.434 e. The van der Waals surface area contributed by atoms with E-state index in [9.17, 15) is 20.2 Å². The van der Waals surface area contributed by atoms with Crippen LogP contribution in [0.4, 0.5) is 11.4 Å². The van der Waals surface area contributed by atoms with Crippen LogP contribution in [0.25, 0.3) is 0 Å². The fourth-order valence-electron chi connectivity index (χ4n) is 2.67. The molecule has 2 aromatic carbocycles. The van der Waals surface area contributed by atoms with Crippen LogP contribution in [0.5, 0.6) is 11.5 Å². The molecule has 9 nitrogen and oxygen atoms in total. The van der Waals surface area contributed by atoms with Crippen molar-refractivity contribution in [1.29, 1.82) is 0 Å². The standard InChI is InChI=1S/C17H19N2O7PS/c1-10-6-14(18(20)21)7-11(2)16(10)25-27(28,24-5)26-17-12(3)8-15(19(22)23)9-13(17)4/h6-9H,1-5H3. The maximum Gasteiger partial charge on any atom is 0.434 e. The molecule has 150 valence electrons. The Hall–Kier alpha value is -2.55. The molecule has 0 spiro atoms. The molecule has 0 unspecified atom stereocenters. The highest BCUT2D eigenvalue weighted by molar-refractivity contribution is 8.07. The van der Waals surface area contributed by atoms with Crippen molar-refractivity contribution in [2.75, 3.05) is 7.11 Å². The lowest BCUT2D eigenvalue weighted by molar-refractivity contribution is -0.385. The molecule has 0 heterocycles. The summed E-state index contributed by atoms with van der Waals surface area (Å²) >= 11 is 5.45. The van der Waals surface area contributed by atoms with Crippen LogP contribution < -0.4 is 9.05 Å². The predicted octanol–water partition coefficient (Wildman–Crippen LogP) is 5.07. The average molecular weight is 426 g/mol. The first kappa shape index (κ1) is 21.7. The molecule has 0 fully saturated rings. The van der Waals surface area contributed by atoms with E-state index in [2.05, 4.69) is 0 Å². The van der Waals surface area contributed by atoms with Gasteiger partial charge in [0.25, 0.3) is 11.4 Å². The number of nitro benzene ring substituents is 2. The summed E-state index contributed by atoms with van der Waals surface area (Å²) in [4.78, 5) is 21.0. The normalized spacial score (nSPS) is 11.2. The van der Waals surface area contributed by atoms with Crippen molar-refractivity contribution in [1.82, 2.24) is 0 Å². The molecule has 0 atom stereocenters. The number of nitro groups is 2. The van der Waals surface area contributed by atoms with Gasteiger partial charge in [-0.25, -0.2) is 0 Å². The fraction of sp³-hybridized carbons (Fsp3) is 0.294. The van der Waals surface area contributed by atoms with Crippen molar-refractivity contribution in [3.05, 3.63) is 66.7 Å². The van der Waals surface area contributed by atoms with Crippen LogP contribution in [-0.2, 0) is 16.3 Å². The Bertz CT molecular complexity index is 887. The number of rotatable bonds is 7. The summed E-state index contributed by atoms with van der Waals surface area (Å²) in [5.74, 6) is 0.681. The lowest BCUT2D eigenvalue weighted by Gasteiger charge is -2.24. The van der Waals surface area contributed by atoms with Gasteiger partial charge in [-0.2, -0.15) is 0 Å². The quantitative estimate of drug-likeness (QED) is 0.343. The van der Waals surface area contributed by atoms with Crippen molar-refractivity contribution in [2.45, 2.75) is 27.7 Å². The van der Waals surface area contributed by atoms with Gasteiger partial charge in [-0.3, -0.25) is 24.8 Å². The van der Waals surface area contributed by atoms with E-state index in [-0.39, 0.29) is 11.4 Å². The molecule has 0 radical (unpaired) electrons. The Morgan fingerprint density at radius 2 is 1.07 bits per heavy atom. The molecule has 0 aliphatic carbocycles. The van der Waals surface area contributed by atoms with Crippen molar-refractivity contribution >= 4 is 29.9 Å². The maximum atomic E-state index is 11.0. The molecule has 0 bridgehead atoms. The van der Waals surface area contributed by atoms with Crippen LogP contribution in [0, 0.1) is 47.9 Å². The second kappa shape index (κ2) is 8.22. The lowest BCUT2D eigenvalue weighted by Crippen LogP contribution is -2.07. The van der Waals surface area contributed by atoms with E-state index < -0.39 is 16.6 Å². The van der Waals surface area contributed by atoms with Crippen LogP contribution >= 0.6 is 6.72 Å². The molecule has 0 N–H and O–H groups in total. The van der Waals surface area contributed by atoms with Gasteiger partial charge in [-0.1, -0.05) is 0 Å². The van der Waals surface area contributed by atoms with Gasteiger partial charge in [0.05, 0.1) is 9.85 Å². The molecule has 28 heavy (non-hydrogen) atoms. The van der Waals surface area contributed by atoms with E-state index in [4.69, 9.17) is 25.4 Å². The molecule has 0 aromatic heterocycles. The summed E-state index contributed by atoms with van der Waals surface area (Å²) in [5, 5.41) is 22.0. The van der Waals surface area contributed by atoms with Gasteiger partial charge in [0.15, 0.2) is 0 Å². The van der Waals surface area contributed by atoms with E-state index in [1.54, 1.807) is 27.7 Å². The molecule has 2 aromatic rings. The van der Waals surface area contributed by atoms with Gasteiger partial charge < -0.3 is 9.05 Å². The fourth-order valence-corrected chi connectivity index (χ4v) is 4.33. The second-order valence-corrected chi connectivity index (χ2v) is 9.11. The zero-order valence-electron chi connectivity index (χ0n) is 15.9. The van der Waals surface area contributed by atoms with E-state index in [0.29, 0.717) is 33.8 Å². The van der Waals surface area contributed by atoms with Gasteiger partial charge in [0.2, 0.25) is 0 Å². The summed E-state index contributed by atoms with van der Waals surface area (Å²) in [5.41, 5.74) is 1.93. The predicted molar refractivity (Wildman–Crippen MR) is 108 cm³/mol. The summed E-state index contributed by atoms with van der Waals surface area (Å²) < 4.78 is 17.1. The number of hydrogen-bond donors (Lipinski definition) is 0. The van der Waals surface area contributed by atoms with E-state index in [1.165, 1.54) is 31.4 Å². The second-order valence-electron chi connectivity index (χ2n) is 6.14. The van der Waals surface area contributed by atoms with Crippen LogP contribution in [0.2, 0.25) is 0 Å². The molecule has 0 amide bonds. The molecular weight excluding hydrogens is 407 g/mol. The SMILES string of the molecule is COP(=S)(Oc1c(C)cc([N+](=O)[O-])cc1C)Oc1c(C)cc([N+](=O)[O-])cc1C. The van der Waals surface area contributed by atoms with Crippen molar-refractivity contribution < 1.29 is 23.4 Å². The number of aryl methyl sites for hydroxylation is 4. The molecule has 2 rings (SSSR count). The average Bonchev–Trinajstić information content (AvgIpc) is 2.60. The number of benzene rings is 2. The monoisotopic (exact) mass is 426 g/mol. The highest BCUT2D eigenvalue weighted by Gasteiger charge is 2.28. The molecular formula is C17H19N2O7PS. The first-order valence-electron chi connectivity index (χ1n) is 8.03. The van der Waals surface area contributed by atoms with E-state index in [1.807, 2.05) is 0 Å². The first-order chi connectivity index (χ1) is 13.0. The Morgan fingerprint density at radius 3 is 1.29 bits per heavy atom. The van der Waals surface area contributed by atoms with E-state index >= 15 is 0 Å². The summed E-state index contributed by atoms with van der Waals surface area (Å²) in [6.07, 6.45) is 0. The van der Waals surface area contributed by atoms with Crippen LogP contribution in [0.15, 0.2) is 24.3 Å². The smallest absolute Gasteiger partial charge is 0.415 e. The molecule has 11 heteroatoms. The van der Waals surface area contributed by atoms with Gasteiger partial charge >= 0.3 is 6.72 Å². The van der Waals surface area contributed by atoms with Crippen molar-refractivity contribution in [3.63, 3.8) is 0 Å². The molecule has 0 saturated carbocycles. The molecule has 0 saturated heterocycles. The number of hydrogen-bond acceptors (Lipinski definition) is 8. The summed E-state index contributed by atoms with van der Waals surface area (Å²) in [7, 11) is 1.34. The Morgan fingerprint density at radius 1 is 0.786 bits per heavy atom. The first-order valence-corrected chi connectivity index (χ1v) is 10.6.